The number of hydrogen-bond acceptors (Lipinski definition) is 2. The van der Waals surface area contributed by atoms with Gasteiger partial charge in [0.1, 0.15) is 0 Å². The third-order valence-corrected chi connectivity index (χ3v) is 7.10. The summed E-state index contributed by atoms with van der Waals surface area (Å²) >= 11 is 0. The molecule has 160 valence electrons. The van der Waals surface area contributed by atoms with Crippen molar-refractivity contribution in [2.24, 2.45) is 0 Å². The van der Waals surface area contributed by atoms with Gasteiger partial charge in [0.05, 0.1) is 13.2 Å². The van der Waals surface area contributed by atoms with Crippen LogP contribution in [0.2, 0.25) is 0 Å². The highest BCUT2D eigenvalue weighted by molar-refractivity contribution is 6.62. The first-order chi connectivity index (χ1) is 14.8. The zero-order valence-corrected chi connectivity index (χ0v) is 18.9. The van der Waals surface area contributed by atoms with E-state index in [2.05, 4.69) is 56.3 Å². The lowest BCUT2D eigenvalue weighted by molar-refractivity contribution is 0.365. The van der Waals surface area contributed by atoms with E-state index in [1.165, 1.54) is 86.4 Å². The van der Waals surface area contributed by atoms with Crippen molar-refractivity contribution in [2.45, 2.75) is 83.5 Å². The average molecular weight is 404 g/mol. The molecule has 1 heterocycles. The van der Waals surface area contributed by atoms with Crippen LogP contribution < -0.4 is 5.46 Å². The third-order valence-electron chi connectivity index (χ3n) is 7.10. The molecule has 1 aliphatic carbocycles. The minimum atomic E-state index is -0.208. The summed E-state index contributed by atoms with van der Waals surface area (Å²) in [5.41, 5.74) is 7.25. The molecule has 0 spiro atoms. The molecule has 1 fully saturated rings. The van der Waals surface area contributed by atoms with Gasteiger partial charge in [0.25, 0.3) is 0 Å². The lowest BCUT2D eigenvalue weighted by atomic mass is 9.63. The van der Waals surface area contributed by atoms with Gasteiger partial charge in [-0.05, 0) is 40.6 Å². The molecule has 0 N–H and O–H groups in total. The second-order valence-electron chi connectivity index (χ2n) is 9.09. The van der Waals surface area contributed by atoms with Crippen LogP contribution in [0.1, 0.15) is 89.2 Å². The van der Waals surface area contributed by atoms with E-state index in [-0.39, 0.29) is 12.5 Å². The van der Waals surface area contributed by atoms with Crippen LogP contribution in [-0.4, -0.2) is 20.3 Å². The van der Waals surface area contributed by atoms with Gasteiger partial charge in [-0.15, -0.1) is 0 Å². The maximum absolute atomic E-state index is 6.02. The Morgan fingerprint density at radius 3 is 2.03 bits per heavy atom. The zero-order valence-electron chi connectivity index (χ0n) is 18.9. The molecule has 0 amide bonds. The topological polar surface area (TPSA) is 18.5 Å². The second-order valence-corrected chi connectivity index (χ2v) is 9.09. The van der Waals surface area contributed by atoms with E-state index in [0.29, 0.717) is 13.2 Å². The van der Waals surface area contributed by atoms with Gasteiger partial charge >= 0.3 is 7.12 Å². The molecule has 4 rings (SSSR count). The van der Waals surface area contributed by atoms with E-state index in [9.17, 15) is 0 Å². The fourth-order valence-corrected chi connectivity index (χ4v) is 5.68. The zero-order chi connectivity index (χ0) is 20.8. The smallest absolute Gasteiger partial charge is 0.405 e. The van der Waals surface area contributed by atoms with Crippen LogP contribution in [0.15, 0.2) is 42.5 Å². The van der Waals surface area contributed by atoms with Crippen molar-refractivity contribution in [1.82, 2.24) is 0 Å². The van der Waals surface area contributed by atoms with Crippen molar-refractivity contribution in [2.75, 3.05) is 13.2 Å². The standard InChI is InChI=1S/C27H37BO2/c1-3-5-7-11-18-27(19-12-8-6-4-2)24-16-10-9-14-22(24)23-15-13-17-25(26(23)27)28-29-20-21-30-28/h9-10,13-17H,3-8,11-12,18-21H2,1-2H3. The normalized spacial score (nSPS) is 16.7. The van der Waals surface area contributed by atoms with Crippen LogP contribution in [0.4, 0.5) is 0 Å². The van der Waals surface area contributed by atoms with Gasteiger partial charge in [-0.3, -0.25) is 0 Å². The van der Waals surface area contributed by atoms with Gasteiger partial charge < -0.3 is 9.31 Å². The minimum absolute atomic E-state index is 0.0965. The Morgan fingerprint density at radius 2 is 1.37 bits per heavy atom. The third kappa shape index (κ3) is 4.12. The van der Waals surface area contributed by atoms with E-state index in [1.54, 1.807) is 5.56 Å². The van der Waals surface area contributed by atoms with E-state index < -0.39 is 0 Å². The molecular formula is C27H37BO2. The molecule has 0 aromatic heterocycles. The molecule has 0 bridgehead atoms. The van der Waals surface area contributed by atoms with Crippen molar-refractivity contribution in [3.8, 4) is 11.1 Å². The Labute approximate surface area is 183 Å². The molecule has 0 saturated carbocycles. The molecule has 2 aromatic rings. The largest absolute Gasteiger partial charge is 0.494 e. The highest BCUT2D eigenvalue weighted by atomic mass is 16.6. The first kappa shape index (κ1) is 21.6. The summed E-state index contributed by atoms with van der Waals surface area (Å²) in [6.07, 6.45) is 12.9. The first-order valence-electron chi connectivity index (χ1n) is 12.3. The Balaban J connectivity index is 1.78. The lowest BCUT2D eigenvalue weighted by Crippen LogP contribution is -2.40. The molecule has 2 aromatic carbocycles. The van der Waals surface area contributed by atoms with E-state index >= 15 is 0 Å². The van der Waals surface area contributed by atoms with Crippen LogP contribution in [0.3, 0.4) is 0 Å². The maximum Gasteiger partial charge on any atom is 0.494 e. The fourth-order valence-electron chi connectivity index (χ4n) is 5.68. The molecular weight excluding hydrogens is 367 g/mol. The first-order valence-corrected chi connectivity index (χ1v) is 12.3. The molecule has 0 radical (unpaired) electrons. The second kappa shape index (κ2) is 10.2. The molecule has 1 aliphatic heterocycles. The maximum atomic E-state index is 6.02. The number of fused-ring (bicyclic) bond motifs is 3. The van der Waals surface area contributed by atoms with Crippen LogP contribution in [0.25, 0.3) is 11.1 Å². The number of rotatable bonds is 11. The minimum Gasteiger partial charge on any atom is -0.405 e. The Morgan fingerprint density at radius 1 is 0.733 bits per heavy atom. The van der Waals surface area contributed by atoms with Crippen molar-refractivity contribution >= 4 is 12.6 Å². The molecule has 30 heavy (non-hydrogen) atoms. The summed E-state index contributed by atoms with van der Waals surface area (Å²) in [7, 11) is -0.208. The molecule has 2 nitrogen and oxygen atoms in total. The van der Waals surface area contributed by atoms with Gasteiger partial charge in [0, 0.05) is 5.41 Å². The van der Waals surface area contributed by atoms with E-state index in [1.807, 2.05) is 0 Å². The Hall–Kier alpha value is -1.58. The fraction of sp³-hybridized carbons (Fsp3) is 0.556. The summed E-state index contributed by atoms with van der Waals surface area (Å²) < 4.78 is 12.0. The molecule has 0 unspecified atom stereocenters. The highest BCUT2D eigenvalue weighted by Crippen LogP contribution is 2.53. The summed E-state index contributed by atoms with van der Waals surface area (Å²) in [5.74, 6) is 0. The SMILES string of the molecule is CCCCCCC1(CCCCCC)c2ccccc2-c2cccc(B3OCCO3)c21. The van der Waals surface area contributed by atoms with Crippen molar-refractivity contribution < 1.29 is 9.31 Å². The molecule has 0 atom stereocenters. The number of unbranched alkanes of at least 4 members (excludes halogenated alkanes) is 6. The van der Waals surface area contributed by atoms with Crippen LogP contribution in [0, 0.1) is 0 Å². The van der Waals surface area contributed by atoms with Crippen molar-refractivity contribution in [3.63, 3.8) is 0 Å². The summed E-state index contributed by atoms with van der Waals surface area (Å²) in [6, 6.07) is 15.9. The van der Waals surface area contributed by atoms with E-state index in [0.717, 1.165) is 0 Å². The van der Waals surface area contributed by atoms with Gasteiger partial charge in [-0.2, -0.15) is 0 Å². The van der Waals surface area contributed by atoms with Crippen molar-refractivity contribution in [1.29, 1.82) is 0 Å². The predicted molar refractivity (Wildman–Crippen MR) is 127 cm³/mol. The van der Waals surface area contributed by atoms with Gasteiger partial charge in [-0.1, -0.05) is 108 Å². The predicted octanol–water partition coefficient (Wildman–Crippen LogP) is 6.64. The molecule has 3 heteroatoms. The molecule has 2 aliphatic rings. The highest BCUT2D eigenvalue weighted by Gasteiger charge is 2.46. The average Bonchev–Trinajstić information content (AvgIpc) is 3.41. The number of hydrogen-bond donors (Lipinski definition) is 0. The monoisotopic (exact) mass is 404 g/mol. The quantitative estimate of drug-likeness (QED) is 0.309. The van der Waals surface area contributed by atoms with Crippen LogP contribution in [-0.2, 0) is 14.7 Å². The Bertz CT molecular complexity index is 813. The van der Waals surface area contributed by atoms with Gasteiger partial charge in [0.2, 0.25) is 0 Å². The van der Waals surface area contributed by atoms with Gasteiger partial charge in [0.15, 0.2) is 0 Å². The van der Waals surface area contributed by atoms with Crippen molar-refractivity contribution in [3.05, 3.63) is 53.6 Å². The summed E-state index contributed by atoms with van der Waals surface area (Å²) in [4.78, 5) is 0. The number of benzene rings is 2. The Kier molecular flexibility index (Phi) is 7.33. The summed E-state index contributed by atoms with van der Waals surface area (Å²) in [6.45, 7) is 5.99. The van der Waals surface area contributed by atoms with Gasteiger partial charge in [-0.25, -0.2) is 0 Å². The van der Waals surface area contributed by atoms with Crippen LogP contribution in [0.5, 0.6) is 0 Å². The summed E-state index contributed by atoms with van der Waals surface area (Å²) in [5, 5.41) is 0. The van der Waals surface area contributed by atoms with E-state index in [4.69, 9.17) is 9.31 Å². The lowest BCUT2D eigenvalue weighted by Gasteiger charge is -2.34. The molecule has 1 saturated heterocycles. The van der Waals surface area contributed by atoms with Crippen LogP contribution >= 0.6 is 0 Å².